The lowest BCUT2D eigenvalue weighted by Gasteiger charge is -2.56. The number of ether oxygens (including phenoxy) is 1. The van der Waals surface area contributed by atoms with Gasteiger partial charge < -0.3 is 15.2 Å². The van der Waals surface area contributed by atoms with Crippen LogP contribution in [-0.4, -0.2) is 78.8 Å². The van der Waals surface area contributed by atoms with E-state index in [2.05, 4.69) is 10.2 Å². The number of hydrogen-bond donors (Lipinski definition) is 2. The molecule has 4 aliphatic carbocycles. The van der Waals surface area contributed by atoms with E-state index in [1.54, 1.807) is 30.3 Å². The molecule has 246 valence electrons. The Labute approximate surface area is 260 Å². The van der Waals surface area contributed by atoms with E-state index in [1.165, 1.54) is 6.92 Å². The molecule has 1 saturated heterocycles. The summed E-state index contributed by atoms with van der Waals surface area (Å²) in [4.78, 5) is 27.4. The lowest BCUT2D eigenvalue weighted by atomic mass is 9.50. The van der Waals surface area contributed by atoms with E-state index in [0.717, 1.165) is 42.8 Å². The standard InChI is InChI=1S/C34H41F5N2O4/c1-31-20-27(21-3-5-22(6-4-21)30(43)40-13-2-14-41-15-17-45-18-16-41)29-25-10-8-24(42)19-23(25)7-9-26(29)28(31)11-12-32(31,44)33(35,36)34(37,38)39/h3-6,19,26-28,44H,2,7-18,20H2,1H3,(H,40,43)/t26?,27-,28+,31?,32+/m1/s1. The van der Waals surface area contributed by atoms with E-state index < -0.39 is 41.4 Å². The maximum atomic E-state index is 15.2. The largest absolute Gasteiger partial charge is 0.456 e. The summed E-state index contributed by atoms with van der Waals surface area (Å²) < 4.78 is 77.1. The zero-order chi connectivity index (χ0) is 32.2. The first-order valence-electron chi connectivity index (χ1n) is 16.1. The second-order valence-corrected chi connectivity index (χ2v) is 13.7. The predicted molar refractivity (Wildman–Crippen MR) is 157 cm³/mol. The van der Waals surface area contributed by atoms with Crippen molar-refractivity contribution in [3.05, 3.63) is 58.2 Å². The molecule has 1 aromatic rings. The number of hydrogen-bond acceptors (Lipinski definition) is 5. The Morgan fingerprint density at radius 2 is 1.78 bits per heavy atom. The number of carbonyl (C=O) groups is 2. The van der Waals surface area contributed by atoms with Gasteiger partial charge >= 0.3 is 12.1 Å². The third-order valence-corrected chi connectivity index (χ3v) is 11.4. The maximum absolute atomic E-state index is 15.2. The first-order valence-corrected chi connectivity index (χ1v) is 16.1. The summed E-state index contributed by atoms with van der Waals surface area (Å²) in [6.45, 7) is 5.91. The monoisotopic (exact) mass is 636 g/mol. The molecule has 0 spiro atoms. The first kappa shape index (κ1) is 32.3. The Morgan fingerprint density at radius 1 is 1.07 bits per heavy atom. The highest BCUT2D eigenvalue weighted by atomic mass is 19.4. The molecule has 2 saturated carbocycles. The van der Waals surface area contributed by atoms with Crippen molar-refractivity contribution in [3.8, 4) is 0 Å². The molecule has 5 atom stereocenters. The maximum Gasteiger partial charge on any atom is 0.456 e. The molecule has 1 aliphatic heterocycles. The summed E-state index contributed by atoms with van der Waals surface area (Å²) in [6.07, 6.45) is -2.22. The number of ketones is 1. The van der Waals surface area contributed by atoms with Crippen molar-refractivity contribution >= 4 is 11.7 Å². The Balaban J connectivity index is 1.29. The van der Waals surface area contributed by atoms with Crippen LogP contribution in [-0.2, 0) is 9.53 Å². The Bertz CT molecular complexity index is 1380. The molecule has 0 aromatic heterocycles. The molecule has 3 fully saturated rings. The molecule has 2 unspecified atom stereocenters. The zero-order valence-corrected chi connectivity index (χ0v) is 25.5. The van der Waals surface area contributed by atoms with Gasteiger partial charge in [0, 0.05) is 43.0 Å². The Hall–Kier alpha value is -2.63. The van der Waals surface area contributed by atoms with Crippen molar-refractivity contribution in [3.63, 3.8) is 0 Å². The number of nitrogens with zero attached hydrogens (tertiary/aromatic N) is 1. The summed E-state index contributed by atoms with van der Waals surface area (Å²) in [5.74, 6) is -6.88. The Kier molecular flexibility index (Phi) is 8.52. The quantitative estimate of drug-likeness (QED) is 0.285. The van der Waals surface area contributed by atoms with Crippen LogP contribution in [0, 0.1) is 17.3 Å². The number of allylic oxidation sites excluding steroid dienone is 4. The molecule has 1 heterocycles. The molecule has 0 radical (unpaired) electrons. The fraction of sp³-hybridized carbons (Fsp3) is 0.647. The van der Waals surface area contributed by atoms with Crippen LogP contribution < -0.4 is 5.32 Å². The van der Waals surface area contributed by atoms with Crippen LogP contribution in [0.3, 0.4) is 0 Å². The fourth-order valence-corrected chi connectivity index (χ4v) is 9.01. The smallest absolute Gasteiger partial charge is 0.383 e. The van der Waals surface area contributed by atoms with Gasteiger partial charge in [0.05, 0.1) is 13.2 Å². The van der Waals surface area contributed by atoms with Crippen molar-refractivity contribution < 1.29 is 41.4 Å². The zero-order valence-electron chi connectivity index (χ0n) is 25.5. The average molecular weight is 637 g/mol. The highest BCUT2D eigenvalue weighted by molar-refractivity contribution is 5.94. The number of aliphatic hydroxyl groups is 1. The van der Waals surface area contributed by atoms with E-state index in [9.17, 15) is 27.9 Å². The molecule has 0 bridgehead atoms. The summed E-state index contributed by atoms with van der Waals surface area (Å²) in [7, 11) is 0. The van der Waals surface area contributed by atoms with Crippen molar-refractivity contribution in [2.75, 3.05) is 39.4 Å². The van der Waals surface area contributed by atoms with Gasteiger partial charge in [-0.1, -0.05) is 24.6 Å². The van der Waals surface area contributed by atoms with E-state index >= 15 is 8.78 Å². The number of alkyl halides is 5. The lowest BCUT2D eigenvalue weighted by Crippen LogP contribution is -2.65. The number of halogens is 5. The molecule has 45 heavy (non-hydrogen) atoms. The van der Waals surface area contributed by atoms with Crippen molar-refractivity contribution in [1.82, 2.24) is 10.2 Å². The van der Waals surface area contributed by atoms with Crippen molar-refractivity contribution in [2.24, 2.45) is 17.3 Å². The normalized spacial score (nSPS) is 32.5. The summed E-state index contributed by atoms with van der Waals surface area (Å²) in [5, 5.41) is 14.4. The van der Waals surface area contributed by atoms with E-state index in [-0.39, 0.29) is 30.4 Å². The van der Waals surface area contributed by atoms with Crippen LogP contribution in [0.5, 0.6) is 0 Å². The third kappa shape index (κ3) is 5.46. The van der Waals surface area contributed by atoms with Crippen LogP contribution in [0.4, 0.5) is 22.0 Å². The van der Waals surface area contributed by atoms with Gasteiger partial charge in [-0.15, -0.1) is 0 Å². The van der Waals surface area contributed by atoms with Gasteiger partial charge in [-0.05, 0) is 98.2 Å². The molecular weight excluding hydrogens is 595 g/mol. The molecular formula is C34H41F5N2O4. The number of carbonyl (C=O) groups excluding carboxylic acids is 2. The molecule has 2 N–H and O–H groups in total. The predicted octanol–water partition coefficient (Wildman–Crippen LogP) is 5.97. The second-order valence-electron chi connectivity index (χ2n) is 13.7. The van der Waals surface area contributed by atoms with Crippen molar-refractivity contribution in [1.29, 1.82) is 0 Å². The van der Waals surface area contributed by atoms with Gasteiger partial charge in [-0.25, -0.2) is 0 Å². The van der Waals surface area contributed by atoms with Gasteiger partial charge in [0.1, 0.15) is 5.60 Å². The van der Waals surface area contributed by atoms with E-state index in [4.69, 9.17) is 4.74 Å². The lowest BCUT2D eigenvalue weighted by molar-refractivity contribution is -0.362. The van der Waals surface area contributed by atoms with E-state index in [0.29, 0.717) is 56.6 Å². The van der Waals surface area contributed by atoms with Gasteiger partial charge in [0.15, 0.2) is 5.78 Å². The number of amides is 1. The molecule has 1 amide bonds. The van der Waals surface area contributed by atoms with Crippen LogP contribution in [0.15, 0.2) is 47.1 Å². The molecule has 1 aromatic carbocycles. The second kappa shape index (κ2) is 11.9. The first-order chi connectivity index (χ1) is 21.3. The number of nitrogens with one attached hydrogen (secondary N) is 1. The van der Waals surface area contributed by atoms with Crippen LogP contribution >= 0.6 is 0 Å². The van der Waals surface area contributed by atoms with Gasteiger partial charge in [0.25, 0.3) is 5.91 Å². The fourth-order valence-electron chi connectivity index (χ4n) is 9.01. The van der Waals surface area contributed by atoms with Crippen molar-refractivity contribution in [2.45, 2.75) is 81.9 Å². The Morgan fingerprint density at radius 3 is 2.47 bits per heavy atom. The van der Waals surface area contributed by atoms with Crippen LogP contribution in [0.1, 0.15) is 80.1 Å². The third-order valence-electron chi connectivity index (χ3n) is 11.4. The molecule has 6 rings (SSSR count). The molecule has 6 nitrogen and oxygen atoms in total. The SMILES string of the molecule is CC12C[C@H](c3ccc(C(=O)NCCCN4CCOCC4)cc3)C3=C4CCC(=O)C=C4CCC3[C@@H]1CC[C@@]2(O)C(F)(F)C(F)(F)F. The minimum atomic E-state index is -5.89. The minimum absolute atomic E-state index is 0.0327. The van der Waals surface area contributed by atoms with Gasteiger partial charge in [0.2, 0.25) is 0 Å². The number of benzene rings is 1. The topological polar surface area (TPSA) is 78.9 Å². The summed E-state index contributed by atoms with van der Waals surface area (Å²) in [6, 6.07) is 6.83. The summed E-state index contributed by atoms with van der Waals surface area (Å²) >= 11 is 0. The molecule has 5 aliphatic rings. The average Bonchev–Trinajstić information content (AvgIpc) is 3.30. The number of rotatable bonds is 7. The van der Waals surface area contributed by atoms with E-state index in [1.807, 2.05) is 0 Å². The number of fused-ring (bicyclic) bond motifs is 4. The van der Waals surface area contributed by atoms with Gasteiger partial charge in [-0.3, -0.25) is 14.5 Å². The highest BCUT2D eigenvalue weighted by Gasteiger charge is 2.79. The molecule has 11 heteroatoms. The van der Waals surface area contributed by atoms with Crippen LogP contribution in [0.2, 0.25) is 0 Å². The van der Waals surface area contributed by atoms with Crippen LogP contribution in [0.25, 0.3) is 0 Å². The summed E-state index contributed by atoms with van der Waals surface area (Å²) in [5.41, 5.74) is -0.903. The minimum Gasteiger partial charge on any atom is -0.383 e. The van der Waals surface area contributed by atoms with Gasteiger partial charge in [-0.2, -0.15) is 22.0 Å². The highest BCUT2D eigenvalue weighted by Crippen LogP contribution is 2.70. The number of morpholine rings is 1.